The lowest BCUT2D eigenvalue weighted by atomic mass is 10.3. The summed E-state index contributed by atoms with van der Waals surface area (Å²) in [6.45, 7) is 2.90. The molecule has 0 amide bonds. The molecule has 0 unspecified atom stereocenters. The first-order valence-electron chi connectivity index (χ1n) is 6.70. The van der Waals surface area contributed by atoms with E-state index in [0.717, 1.165) is 19.4 Å². The third-order valence-corrected chi connectivity index (χ3v) is 4.36. The molecule has 0 fully saturated rings. The molecule has 2 rings (SSSR count). The fourth-order valence-corrected chi connectivity index (χ4v) is 2.98. The van der Waals surface area contributed by atoms with E-state index in [1.807, 2.05) is 22.9 Å². The van der Waals surface area contributed by atoms with E-state index in [1.54, 1.807) is 36.4 Å². The lowest BCUT2D eigenvalue weighted by Crippen LogP contribution is -3.00. The van der Waals surface area contributed by atoms with E-state index in [1.165, 1.54) is 0 Å². The molecule has 0 saturated heterocycles. The topological polar surface area (TPSA) is 50.1 Å². The molecule has 0 saturated carbocycles. The van der Waals surface area contributed by atoms with E-state index in [0.29, 0.717) is 5.82 Å². The van der Waals surface area contributed by atoms with Crippen molar-refractivity contribution in [2.75, 3.05) is 4.72 Å². The van der Waals surface area contributed by atoms with Crippen LogP contribution in [0.3, 0.4) is 0 Å². The van der Waals surface area contributed by atoms with Crippen LogP contribution < -0.4 is 21.7 Å². The summed E-state index contributed by atoms with van der Waals surface area (Å²) in [6.07, 6.45) is 3.96. The second-order valence-electron chi connectivity index (χ2n) is 4.55. The number of rotatable bonds is 6. The monoisotopic (exact) mass is 326 g/mol. The highest BCUT2D eigenvalue weighted by molar-refractivity contribution is 7.92. The number of benzene rings is 1. The fourth-order valence-electron chi connectivity index (χ4n) is 1.89. The zero-order chi connectivity index (χ0) is 14.4. The van der Waals surface area contributed by atoms with Gasteiger partial charge in [0.05, 0.1) is 12.7 Å². The molecule has 0 spiro atoms. The molecule has 6 heteroatoms. The van der Waals surface area contributed by atoms with Crippen LogP contribution >= 0.6 is 0 Å². The lowest BCUT2D eigenvalue weighted by Gasteiger charge is -2.07. The Bertz CT molecular complexity index is 660. The first-order valence-corrected chi connectivity index (χ1v) is 8.18. The molecule has 0 radical (unpaired) electrons. The third kappa shape index (κ3) is 4.72. The Morgan fingerprint density at radius 1 is 1.05 bits per heavy atom. The van der Waals surface area contributed by atoms with E-state index >= 15 is 0 Å². The van der Waals surface area contributed by atoms with Gasteiger partial charge in [-0.1, -0.05) is 37.6 Å². The maximum atomic E-state index is 12.3. The van der Waals surface area contributed by atoms with Crippen molar-refractivity contribution in [1.82, 2.24) is 0 Å². The summed E-state index contributed by atoms with van der Waals surface area (Å²) < 4.78 is 29.2. The number of nitrogens with one attached hydrogen (secondary N) is 1. The van der Waals surface area contributed by atoms with Gasteiger partial charge >= 0.3 is 10.0 Å². The summed E-state index contributed by atoms with van der Waals surface area (Å²) in [5.74, 6) is 0.588. The number of aromatic nitrogens is 1. The summed E-state index contributed by atoms with van der Waals surface area (Å²) in [4.78, 5) is 0.269. The van der Waals surface area contributed by atoms with Crippen LogP contribution in [0.5, 0.6) is 0 Å². The largest absolute Gasteiger partial charge is 1.00 e. The van der Waals surface area contributed by atoms with Gasteiger partial charge in [-0.15, -0.1) is 0 Å². The van der Waals surface area contributed by atoms with Gasteiger partial charge in [-0.2, -0.15) is 13.1 Å². The maximum Gasteiger partial charge on any atom is 0.328 e. The van der Waals surface area contributed by atoms with Crippen molar-refractivity contribution >= 4 is 15.8 Å². The molecular weight excluding hydrogens is 308 g/mol. The lowest BCUT2D eigenvalue weighted by molar-refractivity contribution is -0.683. The van der Waals surface area contributed by atoms with Crippen molar-refractivity contribution in [3.05, 3.63) is 54.7 Å². The van der Waals surface area contributed by atoms with Crippen LogP contribution in [0, 0.1) is 0 Å². The van der Waals surface area contributed by atoms with Gasteiger partial charge in [-0.25, -0.2) is 4.57 Å². The minimum absolute atomic E-state index is 0. The van der Waals surface area contributed by atoms with Crippen LogP contribution in [0.15, 0.2) is 59.6 Å². The smallest absolute Gasteiger partial charge is 0.328 e. The van der Waals surface area contributed by atoms with Gasteiger partial charge in [0, 0.05) is 6.07 Å². The molecule has 2 aromatic rings. The van der Waals surface area contributed by atoms with E-state index in [-0.39, 0.29) is 17.3 Å². The average Bonchev–Trinajstić information content (AvgIpc) is 2.47. The van der Waals surface area contributed by atoms with Crippen molar-refractivity contribution in [1.29, 1.82) is 0 Å². The van der Waals surface area contributed by atoms with Crippen molar-refractivity contribution < 1.29 is 25.4 Å². The minimum Gasteiger partial charge on any atom is -1.00 e. The summed E-state index contributed by atoms with van der Waals surface area (Å²) in [7, 11) is -3.53. The van der Waals surface area contributed by atoms with Crippen LogP contribution in [0.25, 0.3) is 0 Å². The fraction of sp³-hybridized carbons (Fsp3) is 0.267. The molecule has 0 bridgehead atoms. The number of pyridine rings is 1. The first-order chi connectivity index (χ1) is 9.63. The Balaban J connectivity index is 0.00000220. The van der Waals surface area contributed by atoms with Gasteiger partial charge < -0.3 is 12.4 Å². The molecule has 4 nitrogen and oxygen atoms in total. The molecule has 1 N–H and O–H groups in total. The third-order valence-electron chi connectivity index (χ3n) is 2.99. The molecule has 0 aliphatic heterocycles. The Morgan fingerprint density at radius 2 is 1.71 bits per heavy atom. The van der Waals surface area contributed by atoms with E-state index in [2.05, 4.69) is 11.6 Å². The number of aryl methyl sites for hydroxylation is 1. The number of hydrogen-bond donors (Lipinski definition) is 1. The number of unbranched alkanes of at least 4 members (excludes halogenated alkanes) is 1. The van der Waals surface area contributed by atoms with Crippen molar-refractivity contribution in [3.8, 4) is 0 Å². The molecule has 1 aromatic heterocycles. The van der Waals surface area contributed by atoms with Gasteiger partial charge in [0.15, 0.2) is 0 Å². The molecular formula is C15H19ClN2O2S. The number of hydrogen-bond acceptors (Lipinski definition) is 2. The van der Waals surface area contributed by atoms with Crippen LogP contribution in [-0.2, 0) is 16.6 Å². The van der Waals surface area contributed by atoms with Crippen LogP contribution in [-0.4, -0.2) is 8.42 Å². The molecule has 0 aliphatic rings. The van der Waals surface area contributed by atoms with Crippen molar-refractivity contribution in [3.63, 3.8) is 0 Å². The predicted molar refractivity (Wildman–Crippen MR) is 78.8 cm³/mol. The van der Waals surface area contributed by atoms with Gasteiger partial charge in [-0.05, 0) is 24.6 Å². The van der Waals surface area contributed by atoms with E-state index < -0.39 is 10.0 Å². The number of halogens is 1. The quantitative estimate of drug-likeness (QED) is 0.733. The average molecular weight is 327 g/mol. The van der Waals surface area contributed by atoms with Crippen LogP contribution in [0.1, 0.15) is 19.8 Å². The number of nitrogens with zero attached hydrogens (tertiary/aromatic N) is 1. The number of anilines is 1. The summed E-state index contributed by atoms with van der Waals surface area (Å²) in [6, 6.07) is 13.9. The highest BCUT2D eigenvalue weighted by Gasteiger charge is 2.21. The summed E-state index contributed by atoms with van der Waals surface area (Å²) >= 11 is 0. The second-order valence-corrected chi connectivity index (χ2v) is 6.23. The summed E-state index contributed by atoms with van der Waals surface area (Å²) in [5, 5.41) is 0. The second kappa shape index (κ2) is 8.00. The maximum absolute atomic E-state index is 12.3. The van der Waals surface area contributed by atoms with Gasteiger partial charge in [0.25, 0.3) is 5.82 Å². The van der Waals surface area contributed by atoms with Crippen LogP contribution in [0.4, 0.5) is 5.82 Å². The van der Waals surface area contributed by atoms with Crippen LogP contribution in [0.2, 0.25) is 0 Å². The highest BCUT2D eigenvalue weighted by atomic mass is 35.5. The van der Waals surface area contributed by atoms with Crippen molar-refractivity contribution in [2.45, 2.75) is 31.2 Å². The minimum atomic E-state index is -3.53. The molecule has 1 heterocycles. The normalized spacial score (nSPS) is 10.7. The SMILES string of the molecule is CCCC[n+]1ccccc1NS(=O)(=O)c1ccccc1.[Cl-]. The molecule has 0 atom stereocenters. The Labute approximate surface area is 132 Å². The molecule has 21 heavy (non-hydrogen) atoms. The highest BCUT2D eigenvalue weighted by Crippen LogP contribution is 2.12. The standard InChI is InChI=1S/C15H18N2O2S.ClH/c1-2-3-12-17-13-8-7-11-15(17)16-20(18,19)14-9-5-4-6-10-14;/h4-11,13H,2-3,12H2,1H3;1H. The first kappa shape index (κ1) is 17.5. The van der Waals surface area contributed by atoms with Gasteiger partial charge in [0.2, 0.25) is 0 Å². The van der Waals surface area contributed by atoms with Crippen molar-refractivity contribution in [2.24, 2.45) is 0 Å². The number of sulfonamides is 1. The Kier molecular flexibility index (Phi) is 6.65. The Hall–Kier alpha value is -1.59. The molecule has 114 valence electrons. The Morgan fingerprint density at radius 3 is 2.38 bits per heavy atom. The zero-order valence-electron chi connectivity index (χ0n) is 11.9. The van der Waals surface area contributed by atoms with Gasteiger partial charge in [-0.3, -0.25) is 0 Å². The molecule has 1 aromatic carbocycles. The van der Waals surface area contributed by atoms with E-state index in [4.69, 9.17) is 0 Å². The predicted octanol–water partition coefficient (Wildman–Crippen LogP) is -0.421. The van der Waals surface area contributed by atoms with E-state index in [9.17, 15) is 8.42 Å². The summed E-state index contributed by atoms with van der Waals surface area (Å²) in [5.41, 5.74) is 0. The zero-order valence-corrected chi connectivity index (χ0v) is 13.4. The molecule has 0 aliphatic carbocycles. The van der Waals surface area contributed by atoms with Gasteiger partial charge in [0.1, 0.15) is 4.90 Å².